The van der Waals surface area contributed by atoms with E-state index in [1.807, 2.05) is 43.3 Å². The molecule has 0 aliphatic rings. The third-order valence-electron chi connectivity index (χ3n) is 3.10. The highest BCUT2D eigenvalue weighted by Gasteiger charge is 2.12. The second kappa shape index (κ2) is 5.69. The molecule has 2 aromatic rings. The number of hydrogen-bond donors (Lipinski definition) is 2. The summed E-state index contributed by atoms with van der Waals surface area (Å²) in [6.07, 6.45) is 0. The second-order valence-electron chi connectivity index (χ2n) is 4.79. The van der Waals surface area contributed by atoms with Crippen LogP contribution in [0.4, 0.5) is 11.4 Å². The van der Waals surface area contributed by atoms with Crippen LogP contribution in [0.5, 0.6) is 0 Å². The molecular formula is C15H18N2O3. The number of nitrogens with one attached hydrogen (secondary N) is 1. The van der Waals surface area contributed by atoms with Gasteiger partial charge in [0.2, 0.25) is 5.76 Å². The summed E-state index contributed by atoms with van der Waals surface area (Å²) >= 11 is 0. The zero-order valence-corrected chi connectivity index (χ0v) is 11.8. The minimum absolute atomic E-state index is 0.0257. The van der Waals surface area contributed by atoms with Crippen LogP contribution in [0, 0.1) is 6.92 Å². The molecule has 0 unspecified atom stereocenters. The minimum atomic E-state index is -1.05. The van der Waals surface area contributed by atoms with E-state index < -0.39 is 5.97 Å². The van der Waals surface area contributed by atoms with E-state index in [-0.39, 0.29) is 5.76 Å². The number of nitrogens with zero attached hydrogens (tertiary/aromatic N) is 1. The van der Waals surface area contributed by atoms with Gasteiger partial charge in [0.25, 0.3) is 0 Å². The number of carboxylic acids is 1. The van der Waals surface area contributed by atoms with Gasteiger partial charge in [-0.05, 0) is 37.3 Å². The molecule has 1 aromatic heterocycles. The zero-order valence-electron chi connectivity index (χ0n) is 11.8. The summed E-state index contributed by atoms with van der Waals surface area (Å²) in [4.78, 5) is 12.9. The first kappa shape index (κ1) is 14.0. The fourth-order valence-corrected chi connectivity index (χ4v) is 1.88. The Morgan fingerprint density at radius 2 is 1.95 bits per heavy atom. The molecule has 1 heterocycles. The van der Waals surface area contributed by atoms with E-state index in [1.165, 1.54) is 0 Å². The molecule has 1 aromatic carbocycles. The van der Waals surface area contributed by atoms with Crippen molar-refractivity contribution in [3.05, 3.63) is 47.4 Å². The van der Waals surface area contributed by atoms with Gasteiger partial charge in [-0.2, -0.15) is 0 Å². The molecule has 2 rings (SSSR count). The van der Waals surface area contributed by atoms with E-state index in [0.29, 0.717) is 12.3 Å². The third kappa shape index (κ3) is 3.12. The van der Waals surface area contributed by atoms with Crippen LogP contribution in [0.1, 0.15) is 21.9 Å². The van der Waals surface area contributed by atoms with Crippen LogP contribution in [0.3, 0.4) is 0 Å². The van der Waals surface area contributed by atoms with Gasteiger partial charge in [-0.15, -0.1) is 0 Å². The van der Waals surface area contributed by atoms with Crippen LogP contribution in [0.2, 0.25) is 0 Å². The van der Waals surface area contributed by atoms with E-state index >= 15 is 0 Å². The Morgan fingerprint density at radius 1 is 1.30 bits per heavy atom. The van der Waals surface area contributed by atoms with Crippen LogP contribution in [-0.4, -0.2) is 25.2 Å². The molecular weight excluding hydrogens is 256 g/mol. The standard InChI is InChI=1S/C15H18N2O3/c1-10-11(8-14(20-10)15(18)19)9-16-12-4-6-13(7-5-12)17(2)3/h4-8,16H,9H2,1-3H3,(H,18,19). The average molecular weight is 274 g/mol. The molecule has 2 N–H and O–H groups in total. The van der Waals surface area contributed by atoms with Gasteiger partial charge in [-0.3, -0.25) is 0 Å². The van der Waals surface area contributed by atoms with Crippen molar-refractivity contribution in [1.29, 1.82) is 0 Å². The SMILES string of the molecule is Cc1oc(C(=O)O)cc1CNc1ccc(N(C)C)cc1. The molecule has 5 heteroatoms. The van der Waals surface area contributed by atoms with Crippen LogP contribution < -0.4 is 10.2 Å². The average Bonchev–Trinajstić information content (AvgIpc) is 2.78. The highest BCUT2D eigenvalue weighted by molar-refractivity contribution is 5.84. The van der Waals surface area contributed by atoms with Crippen LogP contribution in [0.25, 0.3) is 0 Å². The first-order valence-corrected chi connectivity index (χ1v) is 6.31. The van der Waals surface area contributed by atoms with Gasteiger partial charge in [0.05, 0.1) is 0 Å². The van der Waals surface area contributed by atoms with Gasteiger partial charge >= 0.3 is 5.97 Å². The minimum Gasteiger partial charge on any atom is -0.475 e. The van der Waals surface area contributed by atoms with Gasteiger partial charge in [0.15, 0.2) is 0 Å². The van der Waals surface area contributed by atoms with Gasteiger partial charge in [0, 0.05) is 37.6 Å². The van der Waals surface area contributed by atoms with Crippen molar-refractivity contribution in [3.8, 4) is 0 Å². The van der Waals surface area contributed by atoms with Crippen molar-refractivity contribution < 1.29 is 14.3 Å². The molecule has 0 saturated carbocycles. The van der Waals surface area contributed by atoms with E-state index in [0.717, 1.165) is 16.9 Å². The summed E-state index contributed by atoms with van der Waals surface area (Å²) in [6.45, 7) is 2.29. The van der Waals surface area contributed by atoms with E-state index in [2.05, 4.69) is 5.32 Å². The maximum Gasteiger partial charge on any atom is 0.371 e. The highest BCUT2D eigenvalue weighted by Crippen LogP contribution is 2.19. The topological polar surface area (TPSA) is 65.7 Å². The Morgan fingerprint density at radius 3 is 2.45 bits per heavy atom. The number of aromatic carboxylic acids is 1. The van der Waals surface area contributed by atoms with Crippen molar-refractivity contribution in [2.24, 2.45) is 0 Å². The van der Waals surface area contributed by atoms with Gasteiger partial charge < -0.3 is 19.7 Å². The summed E-state index contributed by atoms with van der Waals surface area (Å²) in [6, 6.07) is 9.57. The molecule has 0 aliphatic heterocycles. The lowest BCUT2D eigenvalue weighted by Gasteiger charge is -2.13. The second-order valence-corrected chi connectivity index (χ2v) is 4.79. The maximum absolute atomic E-state index is 10.8. The molecule has 5 nitrogen and oxygen atoms in total. The Balaban J connectivity index is 2.03. The molecule has 20 heavy (non-hydrogen) atoms. The third-order valence-corrected chi connectivity index (χ3v) is 3.10. The molecule has 0 saturated heterocycles. The maximum atomic E-state index is 10.8. The molecule has 106 valence electrons. The zero-order chi connectivity index (χ0) is 14.7. The molecule has 0 aliphatic carbocycles. The van der Waals surface area contributed by atoms with Crippen molar-refractivity contribution in [3.63, 3.8) is 0 Å². The monoisotopic (exact) mass is 274 g/mol. The fraction of sp³-hybridized carbons (Fsp3) is 0.267. The number of anilines is 2. The Hall–Kier alpha value is -2.43. The first-order valence-electron chi connectivity index (χ1n) is 6.31. The van der Waals surface area contributed by atoms with Crippen molar-refractivity contribution in [2.75, 3.05) is 24.3 Å². The summed E-state index contributed by atoms with van der Waals surface area (Å²) in [5.41, 5.74) is 2.95. The molecule has 0 spiro atoms. The lowest BCUT2D eigenvalue weighted by Crippen LogP contribution is -2.08. The van der Waals surface area contributed by atoms with Crippen molar-refractivity contribution in [1.82, 2.24) is 0 Å². The molecule has 0 bridgehead atoms. The molecule has 0 radical (unpaired) electrons. The number of rotatable bonds is 5. The van der Waals surface area contributed by atoms with Crippen molar-refractivity contribution >= 4 is 17.3 Å². The Kier molecular flexibility index (Phi) is 3.98. The number of hydrogen-bond acceptors (Lipinski definition) is 4. The van der Waals surface area contributed by atoms with E-state index in [9.17, 15) is 4.79 Å². The number of aryl methyl sites for hydroxylation is 1. The summed E-state index contributed by atoms with van der Waals surface area (Å²) in [7, 11) is 3.98. The quantitative estimate of drug-likeness (QED) is 0.877. The predicted molar refractivity (Wildman–Crippen MR) is 78.5 cm³/mol. The smallest absolute Gasteiger partial charge is 0.371 e. The van der Waals surface area contributed by atoms with E-state index in [1.54, 1.807) is 13.0 Å². The largest absolute Gasteiger partial charge is 0.475 e. The van der Waals surface area contributed by atoms with Gasteiger partial charge in [-0.25, -0.2) is 4.79 Å². The number of carboxylic acid groups (broad SMARTS) is 1. The number of carbonyl (C=O) groups is 1. The van der Waals surface area contributed by atoms with Crippen LogP contribution in [-0.2, 0) is 6.54 Å². The summed E-state index contributed by atoms with van der Waals surface area (Å²) in [5.74, 6) is -0.447. The Bertz CT molecular complexity index is 600. The van der Waals surface area contributed by atoms with Gasteiger partial charge in [0.1, 0.15) is 5.76 Å². The Labute approximate surface area is 117 Å². The van der Waals surface area contributed by atoms with Crippen LogP contribution in [0.15, 0.2) is 34.7 Å². The molecule has 0 amide bonds. The predicted octanol–water partition coefficient (Wildman–Crippen LogP) is 2.96. The van der Waals surface area contributed by atoms with Crippen LogP contribution >= 0.6 is 0 Å². The number of benzene rings is 1. The fourth-order valence-electron chi connectivity index (χ4n) is 1.88. The molecule has 0 fully saturated rings. The highest BCUT2D eigenvalue weighted by atomic mass is 16.4. The van der Waals surface area contributed by atoms with Crippen molar-refractivity contribution in [2.45, 2.75) is 13.5 Å². The summed E-state index contributed by atoms with van der Waals surface area (Å²) < 4.78 is 5.17. The lowest BCUT2D eigenvalue weighted by atomic mass is 10.2. The van der Waals surface area contributed by atoms with E-state index in [4.69, 9.17) is 9.52 Å². The van der Waals surface area contributed by atoms with Gasteiger partial charge in [-0.1, -0.05) is 0 Å². The first-order chi connectivity index (χ1) is 9.47. The normalized spacial score (nSPS) is 10.3. The lowest BCUT2D eigenvalue weighted by molar-refractivity contribution is 0.0661. The summed E-state index contributed by atoms with van der Waals surface area (Å²) in [5, 5.41) is 12.1. The molecule has 0 atom stereocenters. The number of furan rings is 1.